The van der Waals surface area contributed by atoms with E-state index in [0.29, 0.717) is 28.0 Å². The van der Waals surface area contributed by atoms with Gasteiger partial charge in [-0.25, -0.2) is 13.8 Å². The maximum absolute atomic E-state index is 15.1. The fourth-order valence-electron chi connectivity index (χ4n) is 4.32. The number of aryl methyl sites for hydroxylation is 1. The lowest BCUT2D eigenvalue weighted by Gasteiger charge is -2.16. The minimum atomic E-state index is -0.753. The Kier molecular flexibility index (Phi) is 7.70. The summed E-state index contributed by atoms with van der Waals surface area (Å²) in [5, 5.41) is 2.56. The Hall–Kier alpha value is -5.16. The Labute approximate surface area is 233 Å². The number of hydrogen-bond donors (Lipinski definition) is 1. The van der Waals surface area contributed by atoms with E-state index in [1.807, 2.05) is 0 Å². The van der Waals surface area contributed by atoms with Crippen molar-refractivity contribution < 1.29 is 27.8 Å². The molecule has 0 aliphatic rings. The third-order valence-electron chi connectivity index (χ3n) is 6.33. The number of pyridine rings is 3. The first-order valence-electron chi connectivity index (χ1n) is 12.3. The number of halogens is 2. The van der Waals surface area contributed by atoms with Crippen LogP contribution in [-0.4, -0.2) is 34.7 Å². The number of anilines is 1. The van der Waals surface area contributed by atoms with Crippen molar-refractivity contribution in [1.82, 2.24) is 14.5 Å². The lowest BCUT2D eigenvalue weighted by Crippen LogP contribution is -2.26. The van der Waals surface area contributed by atoms with Gasteiger partial charge in [-0.05, 0) is 29.8 Å². The molecule has 0 aliphatic carbocycles. The van der Waals surface area contributed by atoms with Crippen LogP contribution in [0.4, 0.5) is 14.5 Å². The number of carbonyl (C=O) groups excluding carboxylic acids is 1. The van der Waals surface area contributed by atoms with E-state index in [0.717, 1.165) is 6.07 Å². The fourth-order valence-corrected chi connectivity index (χ4v) is 4.32. The maximum atomic E-state index is 15.1. The summed E-state index contributed by atoms with van der Waals surface area (Å²) >= 11 is 0. The molecule has 3 heterocycles. The predicted octanol–water partition coefficient (Wildman–Crippen LogP) is 5.47. The van der Waals surface area contributed by atoms with Crippen molar-refractivity contribution in [3.8, 4) is 28.4 Å². The lowest BCUT2D eigenvalue weighted by atomic mass is 10.0. The molecule has 0 spiro atoms. The summed E-state index contributed by atoms with van der Waals surface area (Å²) in [7, 11) is 4.65. The van der Waals surface area contributed by atoms with E-state index in [2.05, 4.69) is 15.3 Å². The van der Waals surface area contributed by atoms with Crippen molar-refractivity contribution in [1.29, 1.82) is 0 Å². The van der Waals surface area contributed by atoms with Gasteiger partial charge >= 0.3 is 0 Å². The van der Waals surface area contributed by atoms with Crippen LogP contribution in [0.25, 0.3) is 22.2 Å². The normalized spacial score (nSPS) is 11.0. The number of nitrogens with zero attached hydrogens (tertiary/aromatic N) is 3. The number of rotatable bonds is 8. The monoisotopic (exact) mass is 558 g/mol. The summed E-state index contributed by atoms with van der Waals surface area (Å²) < 4.78 is 46.4. The molecule has 2 aromatic carbocycles. The molecule has 41 heavy (non-hydrogen) atoms. The van der Waals surface area contributed by atoms with Crippen LogP contribution in [0.3, 0.4) is 0 Å². The van der Waals surface area contributed by atoms with E-state index in [1.54, 1.807) is 23.7 Å². The number of fused-ring (bicyclic) bond motifs is 1. The molecular weight excluding hydrogens is 534 g/mol. The van der Waals surface area contributed by atoms with E-state index in [1.165, 1.54) is 69.2 Å². The van der Waals surface area contributed by atoms with Crippen molar-refractivity contribution in [2.75, 3.05) is 19.5 Å². The second-order valence-corrected chi connectivity index (χ2v) is 9.00. The molecular formula is C30H24F2N4O5. The number of carbonyl (C=O) groups is 1. The smallest absolute Gasteiger partial charge is 0.261 e. The zero-order valence-corrected chi connectivity index (χ0v) is 22.3. The number of hydrogen-bond acceptors (Lipinski definition) is 7. The molecule has 9 nitrogen and oxygen atoms in total. The quantitative estimate of drug-likeness (QED) is 0.269. The number of nitrogens with one attached hydrogen (secondary N) is 1. The summed E-state index contributed by atoms with van der Waals surface area (Å²) in [4.78, 5) is 35.2. The standard InChI is InChI=1S/C30H24F2N4O5/c1-36-15-21(29(37)27(24(36)16-39-2)17-4-6-18(31)7-5-17)30(38)35-19-8-9-25(22(32)12-19)41-26-10-11-33-23-13-20(40-3)14-34-28(23)26/h4-15H,16H2,1-3H3,(H,35,38). The molecule has 5 rings (SSSR count). The highest BCUT2D eigenvalue weighted by molar-refractivity contribution is 6.04. The molecule has 11 heteroatoms. The molecule has 0 atom stereocenters. The first-order valence-corrected chi connectivity index (χ1v) is 12.3. The first-order chi connectivity index (χ1) is 19.8. The minimum Gasteiger partial charge on any atom is -0.495 e. The van der Waals surface area contributed by atoms with Gasteiger partial charge in [-0.1, -0.05) is 12.1 Å². The van der Waals surface area contributed by atoms with Crippen molar-refractivity contribution in [2.45, 2.75) is 6.61 Å². The molecule has 0 bridgehead atoms. The molecule has 0 saturated carbocycles. The minimum absolute atomic E-state index is 0.0862. The summed E-state index contributed by atoms with van der Waals surface area (Å²) in [6.07, 6.45) is 4.38. The highest BCUT2D eigenvalue weighted by atomic mass is 19.1. The average molecular weight is 559 g/mol. The zero-order chi connectivity index (χ0) is 29.1. The van der Waals surface area contributed by atoms with Gasteiger partial charge in [0.25, 0.3) is 5.91 Å². The molecule has 0 radical (unpaired) electrons. The fraction of sp³-hybridized carbons (Fsp3) is 0.133. The number of amides is 1. The van der Waals surface area contributed by atoms with Gasteiger partial charge in [-0.3, -0.25) is 14.6 Å². The summed E-state index contributed by atoms with van der Waals surface area (Å²) in [5.41, 5.74) is 1.40. The van der Waals surface area contributed by atoms with E-state index < -0.39 is 23.0 Å². The molecule has 0 aliphatic heterocycles. The predicted molar refractivity (Wildman–Crippen MR) is 148 cm³/mol. The SMILES string of the molecule is COCc1c(-c2ccc(F)cc2)c(=O)c(C(=O)Nc2ccc(Oc3ccnc4cc(OC)cnc34)c(F)c2)cn1C. The summed E-state index contributed by atoms with van der Waals surface area (Å²) in [5.74, 6) is -1.27. The molecule has 0 fully saturated rings. The third kappa shape index (κ3) is 5.61. The van der Waals surface area contributed by atoms with Gasteiger partial charge in [0.05, 0.1) is 36.7 Å². The maximum Gasteiger partial charge on any atom is 0.261 e. The number of methoxy groups -OCH3 is 2. The van der Waals surface area contributed by atoms with Crippen LogP contribution in [0.2, 0.25) is 0 Å². The Bertz CT molecular complexity index is 1820. The molecule has 1 amide bonds. The van der Waals surface area contributed by atoms with Crippen LogP contribution in [0, 0.1) is 11.6 Å². The zero-order valence-electron chi connectivity index (χ0n) is 22.3. The second kappa shape index (κ2) is 11.5. The van der Waals surface area contributed by atoms with Crippen molar-refractivity contribution in [3.63, 3.8) is 0 Å². The van der Waals surface area contributed by atoms with Gasteiger partial charge in [-0.2, -0.15) is 0 Å². The van der Waals surface area contributed by atoms with Crippen LogP contribution < -0.4 is 20.2 Å². The first kappa shape index (κ1) is 27.4. The van der Waals surface area contributed by atoms with E-state index >= 15 is 4.39 Å². The van der Waals surface area contributed by atoms with E-state index in [-0.39, 0.29) is 34.9 Å². The molecule has 0 unspecified atom stereocenters. The van der Waals surface area contributed by atoms with Gasteiger partial charge in [0.2, 0.25) is 5.43 Å². The Morgan fingerprint density at radius 2 is 1.78 bits per heavy atom. The second-order valence-electron chi connectivity index (χ2n) is 9.00. The lowest BCUT2D eigenvalue weighted by molar-refractivity contribution is 0.102. The molecule has 208 valence electrons. The van der Waals surface area contributed by atoms with Crippen LogP contribution in [0.5, 0.6) is 17.2 Å². The Balaban J connectivity index is 1.42. The molecule has 1 N–H and O–H groups in total. The van der Waals surface area contributed by atoms with Gasteiger partial charge < -0.3 is 24.1 Å². The number of ether oxygens (including phenoxy) is 3. The highest BCUT2D eigenvalue weighted by Gasteiger charge is 2.21. The molecule has 0 saturated heterocycles. The topological polar surface area (TPSA) is 105 Å². The van der Waals surface area contributed by atoms with Gasteiger partial charge in [-0.15, -0.1) is 0 Å². The largest absolute Gasteiger partial charge is 0.495 e. The Morgan fingerprint density at radius 1 is 1.00 bits per heavy atom. The van der Waals surface area contributed by atoms with Crippen LogP contribution in [0.1, 0.15) is 16.1 Å². The highest BCUT2D eigenvalue weighted by Crippen LogP contribution is 2.31. The molecule has 5 aromatic rings. The van der Waals surface area contributed by atoms with Crippen LogP contribution >= 0.6 is 0 Å². The third-order valence-corrected chi connectivity index (χ3v) is 6.33. The van der Waals surface area contributed by atoms with Crippen molar-refractivity contribution in [2.24, 2.45) is 7.05 Å². The van der Waals surface area contributed by atoms with Gasteiger partial charge in [0.1, 0.15) is 22.6 Å². The van der Waals surface area contributed by atoms with E-state index in [4.69, 9.17) is 14.2 Å². The summed E-state index contributed by atoms with van der Waals surface area (Å²) in [6, 6.07) is 12.5. The summed E-state index contributed by atoms with van der Waals surface area (Å²) in [6.45, 7) is 0.0862. The number of benzene rings is 2. The van der Waals surface area contributed by atoms with Crippen molar-refractivity contribution >= 4 is 22.6 Å². The van der Waals surface area contributed by atoms with Crippen LogP contribution in [0.15, 0.2) is 78.0 Å². The van der Waals surface area contributed by atoms with E-state index in [9.17, 15) is 14.0 Å². The van der Waals surface area contributed by atoms with Gasteiger partial charge in [0, 0.05) is 50.4 Å². The van der Waals surface area contributed by atoms with Crippen LogP contribution in [-0.2, 0) is 18.4 Å². The Morgan fingerprint density at radius 3 is 2.49 bits per heavy atom. The van der Waals surface area contributed by atoms with Gasteiger partial charge in [0.15, 0.2) is 17.3 Å². The molecule has 3 aromatic heterocycles. The number of aromatic nitrogens is 3. The average Bonchev–Trinajstić information content (AvgIpc) is 2.97. The van der Waals surface area contributed by atoms with Crippen molar-refractivity contribution in [3.05, 3.63) is 106 Å².